The molecule has 0 aromatic rings. The van der Waals surface area contributed by atoms with Crippen LogP contribution in [0, 0.1) is 0 Å². The number of fused-ring (bicyclic) bond motifs is 2. The van der Waals surface area contributed by atoms with Gasteiger partial charge in [0.15, 0.2) is 0 Å². The van der Waals surface area contributed by atoms with Crippen LogP contribution in [-0.2, 0) is 9.63 Å². The Hall–Kier alpha value is -0.610. The van der Waals surface area contributed by atoms with Crippen molar-refractivity contribution in [3.63, 3.8) is 0 Å². The fraction of sp³-hybridized carbons (Fsp3) is 0.889. The largest absolute Gasteiger partial charge is 0.311 e. The second kappa shape index (κ2) is 2.45. The summed E-state index contributed by atoms with van der Waals surface area (Å²) in [5, 5.41) is 3.54. The average molecular weight is 182 g/mol. The molecular weight excluding hydrogens is 168 g/mol. The van der Waals surface area contributed by atoms with Gasteiger partial charge in [0, 0.05) is 12.1 Å². The zero-order valence-corrected chi connectivity index (χ0v) is 7.51. The van der Waals surface area contributed by atoms with Crippen LogP contribution in [-0.4, -0.2) is 23.6 Å². The van der Waals surface area contributed by atoms with Crippen molar-refractivity contribution in [1.82, 2.24) is 10.8 Å². The number of carbonyl (C=O) groups excluding carboxylic acids is 1. The summed E-state index contributed by atoms with van der Waals surface area (Å²) in [5.74, 6) is 0.0429. The summed E-state index contributed by atoms with van der Waals surface area (Å²) in [7, 11) is 0. The van der Waals surface area contributed by atoms with Gasteiger partial charge in [0.05, 0.1) is 6.42 Å². The Morgan fingerprint density at radius 2 is 2.00 bits per heavy atom. The Bertz CT molecular complexity index is 242. The van der Waals surface area contributed by atoms with Gasteiger partial charge < -0.3 is 5.32 Å². The predicted octanol–water partition coefficient (Wildman–Crippen LogP) is 0.0911. The van der Waals surface area contributed by atoms with E-state index in [-0.39, 0.29) is 11.5 Å². The van der Waals surface area contributed by atoms with Gasteiger partial charge in [-0.2, -0.15) is 0 Å². The Labute approximate surface area is 77.0 Å². The van der Waals surface area contributed by atoms with Crippen molar-refractivity contribution in [2.45, 2.75) is 49.8 Å². The first-order chi connectivity index (χ1) is 6.26. The fourth-order valence-corrected chi connectivity index (χ4v) is 2.96. The quantitative estimate of drug-likeness (QED) is 0.558. The number of hydroxylamine groups is 1. The molecule has 3 aliphatic rings. The van der Waals surface area contributed by atoms with Crippen molar-refractivity contribution >= 4 is 5.91 Å². The molecule has 0 aromatic heterocycles. The third-order valence-electron chi connectivity index (χ3n) is 3.44. The van der Waals surface area contributed by atoms with Gasteiger partial charge in [-0.1, -0.05) is 0 Å². The molecule has 0 aliphatic carbocycles. The summed E-state index contributed by atoms with van der Waals surface area (Å²) in [6, 6.07) is 1.15. The number of carbonyl (C=O) groups is 1. The molecule has 72 valence electrons. The van der Waals surface area contributed by atoms with E-state index >= 15 is 0 Å². The van der Waals surface area contributed by atoms with Gasteiger partial charge in [-0.15, -0.1) is 0 Å². The summed E-state index contributed by atoms with van der Waals surface area (Å²) < 4.78 is 0. The molecule has 13 heavy (non-hydrogen) atoms. The minimum atomic E-state index is -0.172. The highest BCUT2D eigenvalue weighted by atomic mass is 16.7. The molecule has 3 rings (SSSR count). The molecule has 4 heteroatoms. The maximum Gasteiger partial charge on any atom is 0.246 e. The lowest BCUT2D eigenvalue weighted by atomic mass is 9.85. The van der Waals surface area contributed by atoms with Crippen LogP contribution in [0.1, 0.15) is 32.1 Å². The van der Waals surface area contributed by atoms with E-state index in [1.807, 2.05) is 0 Å². The number of piperidine rings is 1. The smallest absolute Gasteiger partial charge is 0.246 e. The lowest BCUT2D eigenvalue weighted by Gasteiger charge is -2.35. The maximum atomic E-state index is 11.1. The van der Waals surface area contributed by atoms with Crippen molar-refractivity contribution in [3.8, 4) is 0 Å². The molecule has 3 heterocycles. The molecule has 0 saturated carbocycles. The number of hydrogen-bond donors (Lipinski definition) is 2. The molecule has 2 N–H and O–H groups in total. The molecule has 3 saturated heterocycles. The Morgan fingerprint density at radius 1 is 1.31 bits per heavy atom. The van der Waals surface area contributed by atoms with Gasteiger partial charge in [0.1, 0.15) is 5.60 Å². The van der Waals surface area contributed by atoms with Gasteiger partial charge in [-0.05, 0) is 25.7 Å². The van der Waals surface area contributed by atoms with E-state index in [1.165, 1.54) is 12.8 Å². The molecule has 3 fully saturated rings. The van der Waals surface area contributed by atoms with Gasteiger partial charge in [0.2, 0.25) is 5.91 Å². The SMILES string of the molecule is O=C1CC2(C[C@H]3CC[C@@H](C2)N3)ON1. The Balaban J connectivity index is 1.81. The number of hydrogen-bond acceptors (Lipinski definition) is 3. The highest BCUT2D eigenvalue weighted by molar-refractivity contribution is 5.77. The standard InChI is InChI=1S/C9H14N2O2/c12-8-5-9(13-11-8)3-6-1-2-7(4-9)10-6/h6-7,10H,1-5H2,(H,11,12)/t6-,7+,9?. The van der Waals surface area contributed by atoms with Crippen LogP contribution >= 0.6 is 0 Å². The Kier molecular flexibility index (Phi) is 1.46. The molecule has 0 aromatic carbocycles. The average Bonchev–Trinajstić information content (AvgIpc) is 2.58. The molecule has 1 spiro atoms. The third kappa shape index (κ3) is 1.16. The third-order valence-corrected chi connectivity index (χ3v) is 3.44. The number of amides is 1. The van der Waals surface area contributed by atoms with Crippen molar-refractivity contribution in [1.29, 1.82) is 0 Å². The van der Waals surface area contributed by atoms with Crippen molar-refractivity contribution in [3.05, 3.63) is 0 Å². The van der Waals surface area contributed by atoms with Crippen molar-refractivity contribution in [2.24, 2.45) is 0 Å². The predicted molar refractivity (Wildman–Crippen MR) is 45.8 cm³/mol. The van der Waals surface area contributed by atoms with E-state index in [2.05, 4.69) is 10.8 Å². The van der Waals surface area contributed by atoms with E-state index in [9.17, 15) is 4.79 Å². The summed E-state index contributed by atoms with van der Waals surface area (Å²) in [4.78, 5) is 16.5. The van der Waals surface area contributed by atoms with Crippen LogP contribution in [0.3, 0.4) is 0 Å². The van der Waals surface area contributed by atoms with E-state index < -0.39 is 0 Å². The number of rotatable bonds is 0. The van der Waals surface area contributed by atoms with Crippen LogP contribution in [0.15, 0.2) is 0 Å². The van der Waals surface area contributed by atoms with Crippen molar-refractivity contribution < 1.29 is 9.63 Å². The second-order valence-electron chi connectivity index (χ2n) is 4.53. The molecule has 0 radical (unpaired) electrons. The Morgan fingerprint density at radius 3 is 2.54 bits per heavy atom. The van der Waals surface area contributed by atoms with Crippen LogP contribution in [0.2, 0.25) is 0 Å². The molecule has 1 amide bonds. The minimum Gasteiger partial charge on any atom is -0.311 e. The highest BCUT2D eigenvalue weighted by Gasteiger charge is 2.49. The van der Waals surface area contributed by atoms with Crippen LogP contribution in [0.25, 0.3) is 0 Å². The van der Waals surface area contributed by atoms with Crippen LogP contribution < -0.4 is 10.8 Å². The summed E-state index contributed by atoms with van der Waals surface area (Å²) >= 11 is 0. The second-order valence-corrected chi connectivity index (χ2v) is 4.53. The van der Waals surface area contributed by atoms with E-state index in [0.29, 0.717) is 18.5 Å². The minimum absolute atomic E-state index is 0.0429. The lowest BCUT2D eigenvalue weighted by molar-refractivity contribution is -0.127. The zero-order valence-electron chi connectivity index (χ0n) is 7.51. The van der Waals surface area contributed by atoms with Gasteiger partial charge in [-0.25, -0.2) is 5.48 Å². The monoisotopic (exact) mass is 182 g/mol. The van der Waals surface area contributed by atoms with Crippen molar-refractivity contribution in [2.75, 3.05) is 0 Å². The van der Waals surface area contributed by atoms with Crippen LogP contribution in [0.4, 0.5) is 0 Å². The molecule has 2 bridgehead atoms. The lowest BCUT2D eigenvalue weighted by Crippen LogP contribution is -2.48. The zero-order chi connectivity index (χ0) is 8.89. The molecule has 3 atom stereocenters. The van der Waals surface area contributed by atoms with E-state index in [4.69, 9.17) is 4.84 Å². The normalized spacial score (nSPS) is 48.5. The summed E-state index contributed by atoms with van der Waals surface area (Å²) in [6.07, 6.45) is 5.01. The first-order valence-electron chi connectivity index (χ1n) is 4.99. The summed E-state index contributed by atoms with van der Waals surface area (Å²) in [6.45, 7) is 0. The van der Waals surface area contributed by atoms with Gasteiger partial charge >= 0.3 is 0 Å². The fourth-order valence-electron chi connectivity index (χ4n) is 2.96. The summed E-state index contributed by atoms with van der Waals surface area (Å²) in [5.41, 5.74) is 2.31. The highest BCUT2D eigenvalue weighted by Crippen LogP contribution is 2.40. The van der Waals surface area contributed by atoms with Gasteiger partial charge in [-0.3, -0.25) is 9.63 Å². The maximum absolute atomic E-state index is 11.1. The topological polar surface area (TPSA) is 50.4 Å². The first-order valence-corrected chi connectivity index (χ1v) is 4.99. The van der Waals surface area contributed by atoms with Gasteiger partial charge in [0.25, 0.3) is 0 Å². The molecule has 3 aliphatic heterocycles. The van der Waals surface area contributed by atoms with E-state index in [1.54, 1.807) is 0 Å². The number of nitrogens with one attached hydrogen (secondary N) is 2. The molecule has 4 nitrogen and oxygen atoms in total. The van der Waals surface area contributed by atoms with E-state index in [0.717, 1.165) is 12.8 Å². The molecular formula is C9H14N2O2. The molecule has 1 unspecified atom stereocenters. The van der Waals surface area contributed by atoms with Crippen LogP contribution in [0.5, 0.6) is 0 Å². The first kappa shape index (κ1) is 7.76.